The average Bonchev–Trinajstić information content (AvgIpc) is 3.36. The summed E-state index contributed by atoms with van der Waals surface area (Å²) in [4.78, 5) is 31.0. The highest BCUT2D eigenvalue weighted by atomic mass is 19.1. The molecular formula is C22H17FN2O5. The maximum Gasteiger partial charge on any atom is 0.296 e. The van der Waals surface area contributed by atoms with Crippen molar-refractivity contribution in [2.75, 3.05) is 7.11 Å². The molecule has 0 bridgehead atoms. The number of Topliss-reactive ketones (excluding diaryl/α,β-unsaturated/α-hetero) is 1. The van der Waals surface area contributed by atoms with Gasteiger partial charge in [0.05, 0.1) is 31.5 Å². The SMILES string of the molecule is COc1ccc(C(O)=C2C(=O)C(=O)N(Cc3ccco3)[C@H]2c2cccnc2)cc1F. The van der Waals surface area contributed by atoms with Crippen molar-refractivity contribution < 1.29 is 28.2 Å². The largest absolute Gasteiger partial charge is 0.507 e. The van der Waals surface area contributed by atoms with Crippen LogP contribution in [-0.2, 0) is 16.1 Å². The number of aliphatic hydroxyl groups excluding tert-OH is 1. The van der Waals surface area contributed by atoms with Gasteiger partial charge in [-0.3, -0.25) is 14.6 Å². The summed E-state index contributed by atoms with van der Waals surface area (Å²) in [6.07, 6.45) is 4.53. The first kappa shape index (κ1) is 19.4. The number of halogens is 1. The van der Waals surface area contributed by atoms with Gasteiger partial charge in [0.15, 0.2) is 11.6 Å². The lowest BCUT2D eigenvalue weighted by Gasteiger charge is -2.24. The van der Waals surface area contributed by atoms with Crippen molar-refractivity contribution in [2.24, 2.45) is 0 Å². The molecule has 1 N–H and O–H groups in total. The Hall–Kier alpha value is -3.94. The molecule has 1 aromatic carbocycles. The van der Waals surface area contributed by atoms with E-state index in [4.69, 9.17) is 9.15 Å². The van der Waals surface area contributed by atoms with Gasteiger partial charge in [0.1, 0.15) is 11.5 Å². The molecule has 2 aromatic heterocycles. The van der Waals surface area contributed by atoms with Gasteiger partial charge in [0, 0.05) is 18.0 Å². The summed E-state index contributed by atoms with van der Waals surface area (Å²) in [5, 5.41) is 10.9. The number of ether oxygens (including phenoxy) is 1. The Bertz CT molecular complexity index is 1130. The van der Waals surface area contributed by atoms with Crippen molar-refractivity contribution in [3.05, 3.63) is 89.4 Å². The van der Waals surface area contributed by atoms with E-state index in [0.717, 1.165) is 6.07 Å². The molecule has 0 unspecified atom stereocenters. The summed E-state index contributed by atoms with van der Waals surface area (Å²) < 4.78 is 24.4. The number of amides is 1. The van der Waals surface area contributed by atoms with Gasteiger partial charge in [-0.25, -0.2) is 4.39 Å². The fourth-order valence-electron chi connectivity index (χ4n) is 3.47. The second-order valence-corrected chi connectivity index (χ2v) is 6.64. The van der Waals surface area contributed by atoms with Crippen LogP contribution in [-0.4, -0.2) is 33.8 Å². The van der Waals surface area contributed by atoms with Crippen LogP contribution in [0.4, 0.5) is 4.39 Å². The molecule has 0 radical (unpaired) electrons. The fourth-order valence-corrected chi connectivity index (χ4v) is 3.47. The summed E-state index contributed by atoms with van der Waals surface area (Å²) in [6, 6.07) is 9.60. The zero-order valence-corrected chi connectivity index (χ0v) is 15.9. The molecule has 152 valence electrons. The van der Waals surface area contributed by atoms with E-state index in [1.165, 1.54) is 36.6 Å². The highest BCUT2D eigenvalue weighted by Gasteiger charge is 2.46. The van der Waals surface area contributed by atoms with Gasteiger partial charge < -0.3 is 19.2 Å². The summed E-state index contributed by atoms with van der Waals surface area (Å²) in [5.74, 6) is -2.38. The van der Waals surface area contributed by atoms with Gasteiger partial charge in [-0.05, 0) is 42.0 Å². The first-order valence-corrected chi connectivity index (χ1v) is 9.06. The molecule has 3 aromatic rings. The number of pyridine rings is 1. The first-order valence-electron chi connectivity index (χ1n) is 9.06. The molecule has 1 amide bonds. The van der Waals surface area contributed by atoms with E-state index in [0.29, 0.717) is 11.3 Å². The summed E-state index contributed by atoms with van der Waals surface area (Å²) in [6.45, 7) is 0.0187. The fraction of sp³-hybridized carbons (Fsp3) is 0.136. The van der Waals surface area contributed by atoms with Gasteiger partial charge in [-0.2, -0.15) is 0 Å². The van der Waals surface area contributed by atoms with Crippen molar-refractivity contribution >= 4 is 17.4 Å². The zero-order chi connectivity index (χ0) is 21.3. The van der Waals surface area contributed by atoms with Crippen LogP contribution in [0.1, 0.15) is 22.9 Å². The normalized spacial score (nSPS) is 18.1. The number of nitrogens with zero attached hydrogens (tertiary/aromatic N) is 2. The van der Waals surface area contributed by atoms with Gasteiger partial charge in [-0.15, -0.1) is 0 Å². The number of likely N-dealkylation sites (tertiary alicyclic amines) is 1. The van der Waals surface area contributed by atoms with E-state index in [1.54, 1.807) is 30.5 Å². The van der Waals surface area contributed by atoms with Gasteiger partial charge in [-0.1, -0.05) is 6.07 Å². The van der Waals surface area contributed by atoms with Crippen molar-refractivity contribution in [1.29, 1.82) is 0 Å². The van der Waals surface area contributed by atoms with E-state index in [1.807, 2.05) is 0 Å². The number of methoxy groups -OCH3 is 1. The van der Waals surface area contributed by atoms with Crippen molar-refractivity contribution in [2.45, 2.75) is 12.6 Å². The summed E-state index contributed by atoms with van der Waals surface area (Å²) in [7, 11) is 1.32. The number of hydrogen-bond acceptors (Lipinski definition) is 6. The van der Waals surface area contributed by atoms with Crippen LogP contribution in [0.2, 0.25) is 0 Å². The molecule has 7 nitrogen and oxygen atoms in total. The third-order valence-corrected chi connectivity index (χ3v) is 4.87. The van der Waals surface area contributed by atoms with Crippen LogP contribution >= 0.6 is 0 Å². The van der Waals surface area contributed by atoms with Gasteiger partial charge in [0.25, 0.3) is 11.7 Å². The summed E-state index contributed by atoms with van der Waals surface area (Å²) in [5.41, 5.74) is 0.432. The number of ketones is 1. The molecule has 30 heavy (non-hydrogen) atoms. The van der Waals surface area contributed by atoms with Crippen LogP contribution in [0, 0.1) is 5.82 Å². The van der Waals surface area contributed by atoms with E-state index in [-0.39, 0.29) is 23.4 Å². The monoisotopic (exact) mass is 408 g/mol. The molecule has 0 aliphatic carbocycles. The highest BCUT2D eigenvalue weighted by Crippen LogP contribution is 2.40. The minimum absolute atomic E-state index is 0.00590. The third kappa shape index (κ3) is 3.32. The van der Waals surface area contributed by atoms with Crippen LogP contribution in [0.3, 0.4) is 0 Å². The number of rotatable bonds is 5. The number of benzene rings is 1. The van der Waals surface area contributed by atoms with Gasteiger partial charge >= 0.3 is 0 Å². The molecule has 1 atom stereocenters. The standard InChI is InChI=1S/C22H17FN2O5/c1-29-17-7-6-13(10-16(17)23)20(26)18-19(14-4-2-8-24-11-14)25(22(28)21(18)27)12-15-5-3-9-30-15/h2-11,19,26H,12H2,1H3/t19-/m0/s1. The molecule has 1 aliphatic rings. The van der Waals surface area contributed by atoms with Crippen LogP contribution in [0.25, 0.3) is 5.76 Å². The van der Waals surface area contributed by atoms with E-state index in [9.17, 15) is 19.1 Å². The molecule has 4 rings (SSSR count). The lowest BCUT2D eigenvalue weighted by molar-refractivity contribution is -0.140. The molecule has 1 saturated heterocycles. The Kier molecular flexibility index (Phi) is 5.05. The van der Waals surface area contributed by atoms with E-state index < -0.39 is 29.3 Å². The van der Waals surface area contributed by atoms with Crippen LogP contribution in [0.15, 0.2) is 71.1 Å². The number of aliphatic hydroxyl groups is 1. The molecule has 0 spiro atoms. The number of aromatic nitrogens is 1. The predicted octanol–water partition coefficient (Wildman–Crippen LogP) is 3.44. The molecule has 8 heteroatoms. The minimum atomic E-state index is -0.908. The molecule has 1 fully saturated rings. The molecule has 0 saturated carbocycles. The smallest absolute Gasteiger partial charge is 0.296 e. The number of carbonyl (C=O) groups excluding carboxylic acids is 2. The van der Waals surface area contributed by atoms with Gasteiger partial charge in [0.2, 0.25) is 0 Å². The maximum atomic E-state index is 14.2. The second-order valence-electron chi connectivity index (χ2n) is 6.64. The molecule has 3 heterocycles. The summed E-state index contributed by atoms with van der Waals surface area (Å²) >= 11 is 0. The Labute approximate surface area is 171 Å². The second kappa shape index (κ2) is 7.82. The van der Waals surface area contributed by atoms with Crippen molar-refractivity contribution in [3.63, 3.8) is 0 Å². The minimum Gasteiger partial charge on any atom is -0.507 e. The first-order chi connectivity index (χ1) is 14.5. The van der Waals surface area contributed by atoms with E-state index in [2.05, 4.69) is 4.98 Å². The Morgan fingerprint density at radius 3 is 2.73 bits per heavy atom. The predicted molar refractivity (Wildman–Crippen MR) is 104 cm³/mol. The Morgan fingerprint density at radius 1 is 1.27 bits per heavy atom. The molecule has 1 aliphatic heterocycles. The number of hydrogen-bond donors (Lipinski definition) is 1. The van der Waals surface area contributed by atoms with Crippen molar-refractivity contribution in [1.82, 2.24) is 9.88 Å². The van der Waals surface area contributed by atoms with E-state index >= 15 is 0 Å². The molecular weight excluding hydrogens is 391 g/mol. The topological polar surface area (TPSA) is 92.9 Å². The number of carbonyl (C=O) groups is 2. The Morgan fingerprint density at radius 2 is 2.10 bits per heavy atom. The highest BCUT2D eigenvalue weighted by molar-refractivity contribution is 6.46. The number of furan rings is 1. The van der Waals surface area contributed by atoms with Crippen LogP contribution < -0.4 is 4.74 Å². The van der Waals surface area contributed by atoms with Crippen molar-refractivity contribution in [3.8, 4) is 5.75 Å². The Balaban J connectivity index is 1.85. The maximum absolute atomic E-state index is 14.2. The third-order valence-electron chi connectivity index (χ3n) is 4.87. The quantitative estimate of drug-likeness (QED) is 0.395. The zero-order valence-electron chi connectivity index (χ0n) is 15.9. The average molecular weight is 408 g/mol. The lowest BCUT2D eigenvalue weighted by atomic mass is 9.96. The lowest BCUT2D eigenvalue weighted by Crippen LogP contribution is -2.29. The van der Waals surface area contributed by atoms with Crippen LogP contribution in [0.5, 0.6) is 5.75 Å².